The fourth-order valence-electron chi connectivity index (χ4n) is 0.575. The van der Waals surface area contributed by atoms with Crippen molar-refractivity contribution in [2.45, 2.75) is 52.9 Å². The van der Waals surface area contributed by atoms with E-state index in [9.17, 15) is 13.6 Å². The molecule has 0 bridgehead atoms. The molecular weight excluding hydrogens is 162 g/mol. The Morgan fingerprint density at radius 2 is 1.75 bits per heavy atom. The van der Waals surface area contributed by atoms with Crippen molar-refractivity contribution in [1.82, 2.24) is 0 Å². The summed E-state index contributed by atoms with van der Waals surface area (Å²) in [6.07, 6.45) is 0.800. The van der Waals surface area contributed by atoms with Crippen molar-refractivity contribution < 1.29 is 13.6 Å². The number of unbranched alkanes of at least 4 members (excludes halogenated alkanes) is 1. The summed E-state index contributed by atoms with van der Waals surface area (Å²) < 4.78 is 24.8. The summed E-state index contributed by atoms with van der Waals surface area (Å²) in [5, 5.41) is 0. The molecule has 0 aromatic rings. The zero-order valence-corrected chi connectivity index (χ0v) is 8.29. The molecule has 1 nitrogen and oxygen atoms in total. The number of carbonyl (C=O) groups excluding carboxylic acids is 1. The molecule has 0 saturated heterocycles. The van der Waals surface area contributed by atoms with E-state index in [1.165, 1.54) is 0 Å². The third-order valence-electron chi connectivity index (χ3n) is 1.36. The van der Waals surface area contributed by atoms with Crippen molar-refractivity contribution in [3.63, 3.8) is 0 Å². The van der Waals surface area contributed by atoms with Crippen molar-refractivity contribution in [2.75, 3.05) is 0 Å². The Morgan fingerprint density at radius 1 is 1.33 bits per heavy atom. The second-order valence-corrected chi connectivity index (χ2v) is 2.36. The molecule has 0 aromatic heterocycles. The standard InChI is InChI=1S/C7H12F2O.C2H6/c1-3-4-5-7(8,9)6(2)10;1-2/h3-5H2,1-2H3;1-2H3. The molecule has 0 unspecified atom stereocenters. The summed E-state index contributed by atoms with van der Waals surface area (Å²) in [5.41, 5.74) is 0. The highest BCUT2D eigenvalue weighted by atomic mass is 19.3. The van der Waals surface area contributed by atoms with E-state index in [2.05, 4.69) is 0 Å². The third-order valence-corrected chi connectivity index (χ3v) is 1.36. The predicted molar refractivity (Wildman–Crippen MR) is 46.5 cm³/mol. The zero-order valence-electron chi connectivity index (χ0n) is 8.29. The SMILES string of the molecule is CC.CCCCC(F)(F)C(C)=O. The predicted octanol–water partition coefficient (Wildman–Crippen LogP) is 3.43. The monoisotopic (exact) mass is 180 g/mol. The maximum absolute atomic E-state index is 12.4. The van der Waals surface area contributed by atoms with Gasteiger partial charge in [-0.05, 0) is 6.42 Å². The molecule has 0 saturated carbocycles. The van der Waals surface area contributed by atoms with Gasteiger partial charge in [0, 0.05) is 13.3 Å². The van der Waals surface area contributed by atoms with Crippen LogP contribution in [0.5, 0.6) is 0 Å². The van der Waals surface area contributed by atoms with Crippen LogP contribution in [0.4, 0.5) is 8.78 Å². The first-order valence-electron chi connectivity index (χ1n) is 4.39. The molecule has 3 heteroatoms. The Labute approximate surface area is 73.2 Å². The lowest BCUT2D eigenvalue weighted by atomic mass is 10.1. The minimum Gasteiger partial charge on any atom is -0.293 e. The normalized spacial score (nSPS) is 10.2. The lowest BCUT2D eigenvalue weighted by Gasteiger charge is -2.10. The second-order valence-electron chi connectivity index (χ2n) is 2.36. The lowest BCUT2D eigenvalue weighted by molar-refractivity contribution is -0.141. The molecule has 0 heterocycles. The van der Waals surface area contributed by atoms with Crippen LogP contribution in [-0.4, -0.2) is 11.7 Å². The van der Waals surface area contributed by atoms with Crippen molar-refractivity contribution in [1.29, 1.82) is 0 Å². The van der Waals surface area contributed by atoms with E-state index >= 15 is 0 Å². The van der Waals surface area contributed by atoms with E-state index in [1.54, 1.807) is 0 Å². The summed E-state index contributed by atoms with van der Waals surface area (Å²) in [6.45, 7) is 6.74. The van der Waals surface area contributed by atoms with Crippen LogP contribution < -0.4 is 0 Å². The van der Waals surface area contributed by atoms with Gasteiger partial charge in [-0.25, -0.2) is 0 Å². The van der Waals surface area contributed by atoms with Gasteiger partial charge in [-0.3, -0.25) is 4.79 Å². The molecule has 0 fully saturated rings. The summed E-state index contributed by atoms with van der Waals surface area (Å²) in [5.74, 6) is -4.11. The summed E-state index contributed by atoms with van der Waals surface area (Å²) >= 11 is 0. The number of hydrogen-bond acceptors (Lipinski definition) is 1. The number of hydrogen-bond donors (Lipinski definition) is 0. The zero-order chi connectivity index (χ0) is 10.2. The van der Waals surface area contributed by atoms with Crippen molar-refractivity contribution >= 4 is 5.78 Å². The van der Waals surface area contributed by atoms with E-state index in [4.69, 9.17) is 0 Å². The van der Waals surface area contributed by atoms with E-state index in [-0.39, 0.29) is 6.42 Å². The first-order valence-corrected chi connectivity index (χ1v) is 4.39. The molecule has 0 aromatic carbocycles. The molecule has 0 spiro atoms. The van der Waals surface area contributed by atoms with Crippen molar-refractivity contribution in [3.8, 4) is 0 Å². The van der Waals surface area contributed by atoms with Gasteiger partial charge in [-0.2, -0.15) is 8.78 Å². The third kappa shape index (κ3) is 6.25. The average Bonchev–Trinajstić information content (AvgIpc) is 2.04. The molecule has 0 radical (unpaired) electrons. The minimum absolute atomic E-state index is 0.307. The Bertz CT molecular complexity index is 122. The van der Waals surface area contributed by atoms with Crippen LogP contribution in [0.2, 0.25) is 0 Å². The Balaban J connectivity index is 0. The maximum Gasteiger partial charge on any atom is 0.304 e. The van der Waals surface area contributed by atoms with Gasteiger partial charge in [-0.15, -0.1) is 0 Å². The first kappa shape index (κ1) is 14.1. The quantitative estimate of drug-likeness (QED) is 0.647. The number of Topliss-reactive ketones (excluding diaryl/α,β-unsaturated/α-hetero) is 1. The maximum atomic E-state index is 12.4. The van der Waals surface area contributed by atoms with Gasteiger partial charge in [0.05, 0.1) is 0 Å². The molecule has 0 amide bonds. The van der Waals surface area contributed by atoms with Crippen LogP contribution >= 0.6 is 0 Å². The van der Waals surface area contributed by atoms with Crippen LogP contribution in [-0.2, 0) is 4.79 Å². The number of carbonyl (C=O) groups is 1. The molecule has 0 atom stereocenters. The number of halogens is 2. The molecule has 0 aliphatic rings. The van der Waals surface area contributed by atoms with Crippen LogP contribution in [0.15, 0.2) is 0 Å². The van der Waals surface area contributed by atoms with Crippen LogP contribution in [0.3, 0.4) is 0 Å². The van der Waals surface area contributed by atoms with Gasteiger partial charge >= 0.3 is 5.92 Å². The molecule has 0 rings (SSSR count). The van der Waals surface area contributed by atoms with Gasteiger partial charge in [0.25, 0.3) is 0 Å². The van der Waals surface area contributed by atoms with E-state index in [1.807, 2.05) is 20.8 Å². The average molecular weight is 180 g/mol. The van der Waals surface area contributed by atoms with Gasteiger partial charge in [-0.1, -0.05) is 27.2 Å². The molecule has 12 heavy (non-hydrogen) atoms. The van der Waals surface area contributed by atoms with Gasteiger partial charge < -0.3 is 0 Å². The van der Waals surface area contributed by atoms with E-state index < -0.39 is 11.7 Å². The molecule has 0 aliphatic heterocycles. The van der Waals surface area contributed by atoms with Crippen LogP contribution in [0, 0.1) is 0 Å². The molecule has 74 valence electrons. The highest BCUT2D eigenvalue weighted by Crippen LogP contribution is 2.21. The van der Waals surface area contributed by atoms with E-state index in [0.29, 0.717) is 12.8 Å². The van der Waals surface area contributed by atoms with Gasteiger partial charge in [0.15, 0.2) is 5.78 Å². The number of alkyl halides is 2. The highest BCUT2D eigenvalue weighted by molar-refractivity contribution is 5.82. The second kappa shape index (κ2) is 7.19. The van der Waals surface area contributed by atoms with Crippen molar-refractivity contribution in [3.05, 3.63) is 0 Å². The summed E-state index contributed by atoms with van der Waals surface area (Å²) in [4.78, 5) is 10.2. The number of rotatable bonds is 4. The van der Waals surface area contributed by atoms with Crippen LogP contribution in [0.25, 0.3) is 0 Å². The van der Waals surface area contributed by atoms with Gasteiger partial charge in [0.1, 0.15) is 0 Å². The highest BCUT2D eigenvalue weighted by Gasteiger charge is 2.33. The summed E-state index contributed by atoms with van der Waals surface area (Å²) in [7, 11) is 0. The fourth-order valence-corrected chi connectivity index (χ4v) is 0.575. The largest absolute Gasteiger partial charge is 0.304 e. The Kier molecular flexibility index (Phi) is 8.44. The summed E-state index contributed by atoms with van der Waals surface area (Å²) in [6, 6.07) is 0. The molecular formula is C9H18F2O. The Hall–Kier alpha value is -0.470. The van der Waals surface area contributed by atoms with Crippen LogP contribution in [0.1, 0.15) is 47.0 Å². The topological polar surface area (TPSA) is 17.1 Å². The first-order chi connectivity index (χ1) is 5.50. The van der Waals surface area contributed by atoms with Gasteiger partial charge in [0.2, 0.25) is 0 Å². The minimum atomic E-state index is -3.09. The fraction of sp³-hybridized carbons (Fsp3) is 0.889. The smallest absolute Gasteiger partial charge is 0.293 e. The Morgan fingerprint density at radius 3 is 2.00 bits per heavy atom. The van der Waals surface area contributed by atoms with Crippen molar-refractivity contribution in [2.24, 2.45) is 0 Å². The molecule has 0 N–H and O–H groups in total. The lowest BCUT2D eigenvalue weighted by Crippen LogP contribution is -2.25. The number of ketones is 1. The molecule has 0 aliphatic carbocycles. The van der Waals surface area contributed by atoms with E-state index in [0.717, 1.165) is 6.92 Å².